The molecule has 1 saturated heterocycles. The maximum atomic E-state index is 13.9. The molecule has 2 aliphatic carbocycles. The molecule has 2 saturated carbocycles. The third-order valence-electron chi connectivity index (χ3n) is 9.59. The number of benzene rings is 1. The summed E-state index contributed by atoms with van der Waals surface area (Å²) in [5, 5.41) is 24.9. The minimum Gasteiger partial charge on any atom is -0.465 e. The maximum Gasteiger partial charge on any atom is 0.338 e. The number of carbonyl (C=O) groups is 5. The van der Waals surface area contributed by atoms with Crippen molar-refractivity contribution in [2.75, 3.05) is 6.61 Å². The SMILES string of the molecule is CC(=O)OC[C@]12[C@H](OC(=O)c3ccccc3)[C@@H](OC(=O)C(C)C)[C@@H]3[C@@H](O)[C@]1(OC3(C)C)[C@@](C)(O)C[C@H](OC(=O)C(C)C)[C@@H]2OC(C)=O. The van der Waals surface area contributed by atoms with Crippen LogP contribution in [-0.4, -0.2) is 94.0 Å². The van der Waals surface area contributed by atoms with Crippen molar-refractivity contribution in [3.8, 4) is 0 Å². The molecule has 0 unspecified atom stereocenters. The first kappa shape index (κ1) is 36.3. The Kier molecular flexibility index (Phi) is 9.89. The minimum absolute atomic E-state index is 0.103. The summed E-state index contributed by atoms with van der Waals surface area (Å²) in [6, 6.07) is 7.90. The van der Waals surface area contributed by atoms with E-state index in [0.29, 0.717) is 0 Å². The Bertz CT molecular complexity index is 1390. The number of aliphatic hydroxyl groups excluding tert-OH is 1. The largest absolute Gasteiger partial charge is 0.465 e. The standard InChI is InChI=1S/C34H46O13/c1-17(2)28(38)44-22-15-32(9,41)34-25(37)23(31(7,8)47-34)24(45-29(39)18(3)4)27(46-30(40)21-13-11-10-12-14-21)33(34,16-42-19(5)35)26(22)43-20(6)36/h10-14,17-18,22-27,37,41H,15-16H2,1-9H3/t22-,23+,24-,25+,26-,27+,32-,33-,34-/m0/s1. The van der Waals surface area contributed by atoms with E-state index in [1.807, 2.05) is 0 Å². The summed E-state index contributed by atoms with van der Waals surface area (Å²) in [6.07, 6.45) is -8.38. The van der Waals surface area contributed by atoms with Crippen LogP contribution in [0.25, 0.3) is 0 Å². The quantitative estimate of drug-likeness (QED) is 0.291. The van der Waals surface area contributed by atoms with Crippen LogP contribution in [0.15, 0.2) is 30.3 Å². The number of fused-ring (bicyclic) bond motifs is 1. The summed E-state index contributed by atoms with van der Waals surface area (Å²) in [6.45, 7) is 12.4. The van der Waals surface area contributed by atoms with Gasteiger partial charge in [0, 0.05) is 20.3 Å². The second-order valence-corrected chi connectivity index (χ2v) is 14.1. The Morgan fingerprint density at radius 1 is 0.851 bits per heavy atom. The summed E-state index contributed by atoms with van der Waals surface area (Å²) in [5.41, 5.74) is -7.85. The van der Waals surface area contributed by atoms with Gasteiger partial charge in [-0.15, -0.1) is 0 Å². The van der Waals surface area contributed by atoms with Crippen LogP contribution in [0.5, 0.6) is 0 Å². The summed E-state index contributed by atoms with van der Waals surface area (Å²) >= 11 is 0. The van der Waals surface area contributed by atoms with Gasteiger partial charge in [0.05, 0.1) is 40.6 Å². The van der Waals surface area contributed by atoms with Crippen LogP contribution in [0.2, 0.25) is 0 Å². The number of hydrogen-bond acceptors (Lipinski definition) is 13. The molecule has 1 aliphatic heterocycles. The van der Waals surface area contributed by atoms with Crippen LogP contribution in [0.1, 0.15) is 79.1 Å². The number of rotatable bonds is 9. The molecule has 2 bridgehead atoms. The number of hydrogen-bond donors (Lipinski definition) is 2. The summed E-state index contributed by atoms with van der Waals surface area (Å²) in [5.74, 6) is -6.42. The van der Waals surface area contributed by atoms with Gasteiger partial charge in [0.25, 0.3) is 0 Å². The van der Waals surface area contributed by atoms with Crippen molar-refractivity contribution in [1.82, 2.24) is 0 Å². The monoisotopic (exact) mass is 662 g/mol. The van der Waals surface area contributed by atoms with E-state index in [1.165, 1.54) is 19.1 Å². The van der Waals surface area contributed by atoms with Gasteiger partial charge in [-0.1, -0.05) is 45.9 Å². The molecule has 0 radical (unpaired) electrons. The van der Waals surface area contributed by atoms with Gasteiger partial charge in [0.2, 0.25) is 0 Å². The molecule has 3 fully saturated rings. The number of aliphatic hydroxyl groups is 2. The van der Waals surface area contributed by atoms with Crippen LogP contribution in [0.3, 0.4) is 0 Å². The van der Waals surface area contributed by atoms with Crippen molar-refractivity contribution in [2.45, 2.75) is 116 Å². The normalized spacial score (nSPS) is 35.4. The molecular formula is C34H46O13. The highest BCUT2D eigenvalue weighted by molar-refractivity contribution is 5.89. The van der Waals surface area contributed by atoms with E-state index in [0.717, 1.165) is 13.8 Å². The number of esters is 5. The highest BCUT2D eigenvalue weighted by Gasteiger charge is 2.88. The zero-order valence-corrected chi connectivity index (χ0v) is 28.3. The van der Waals surface area contributed by atoms with E-state index in [1.54, 1.807) is 59.7 Å². The molecule has 4 rings (SSSR count). The van der Waals surface area contributed by atoms with Gasteiger partial charge in [0.15, 0.2) is 12.2 Å². The fraction of sp³-hybridized carbons (Fsp3) is 0.676. The summed E-state index contributed by atoms with van der Waals surface area (Å²) < 4.78 is 36.5. The van der Waals surface area contributed by atoms with Gasteiger partial charge < -0.3 is 38.6 Å². The first-order chi connectivity index (χ1) is 21.7. The Labute approximate surface area is 274 Å². The van der Waals surface area contributed by atoms with E-state index < -0.39 is 113 Å². The predicted molar refractivity (Wildman–Crippen MR) is 162 cm³/mol. The second kappa shape index (κ2) is 12.8. The molecule has 0 amide bonds. The number of carbonyl (C=O) groups excluding carboxylic acids is 5. The van der Waals surface area contributed by atoms with Crippen LogP contribution < -0.4 is 0 Å². The Hall–Kier alpha value is -3.55. The van der Waals surface area contributed by atoms with Crippen molar-refractivity contribution in [3.63, 3.8) is 0 Å². The first-order valence-corrected chi connectivity index (χ1v) is 15.8. The highest BCUT2D eigenvalue weighted by atomic mass is 16.6. The molecular weight excluding hydrogens is 616 g/mol. The molecule has 1 spiro atoms. The smallest absolute Gasteiger partial charge is 0.338 e. The van der Waals surface area contributed by atoms with Gasteiger partial charge in [-0.3, -0.25) is 19.2 Å². The zero-order valence-electron chi connectivity index (χ0n) is 28.3. The maximum absolute atomic E-state index is 13.9. The highest BCUT2D eigenvalue weighted by Crippen LogP contribution is 2.69. The molecule has 0 aromatic heterocycles. The summed E-state index contributed by atoms with van der Waals surface area (Å²) in [4.78, 5) is 65.7. The lowest BCUT2D eigenvalue weighted by atomic mass is 9.45. The van der Waals surface area contributed by atoms with E-state index in [-0.39, 0.29) is 5.56 Å². The topological polar surface area (TPSA) is 181 Å². The van der Waals surface area contributed by atoms with Gasteiger partial charge >= 0.3 is 29.8 Å². The van der Waals surface area contributed by atoms with E-state index in [9.17, 15) is 34.2 Å². The Balaban J connectivity index is 2.12. The molecule has 13 nitrogen and oxygen atoms in total. The van der Waals surface area contributed by atoms with E-state index in [4.69, 9.17) is 28.4 Å². The van der Waals surface area contributed by atoms with Gasteiger partial charge in [0.1, 0.15) is 29.8 Å². The lowest BCUT2D eigenvalue weighted by Gasteiger charge is -2.66. The molecule has 1 heterocycles. The zero-order chi connectivity index (χ0) is 35.3. The predicted octanol–water partition coefficient (Wildman–Crippen LogP) is 2.52. The van der Waals surface area contributed by atoms with Crippen molar-refractivity contribution in [1.29, 1.82) is 0 Å². The molecule has 47 heavy (non-hydrogen) atoms. The average Bonchev–Trinajstić information content (AvgIpc) is 3.15. The van der Waals surface area contributed by atoms with E-state index >= 15 is 0 Å². The number of ether oxygens (including phenoxy) is 6. The second-order valence-electron chi connectivity index (χ2n) is 14.1. The van der Waals surface area contributed by atoms with Crippen molar-refractivity contribution in [3.05, 3.63) is 35.9 Å². The first-order valence-electron chi connectivity index (χ1n) is 15.8. The van der Waals surface area contributed by atoms with Crippen LogP contribution in [0.4, 0.5) is 0 Å². The fourth-order valence-corrected chi connectivity index (χ4v) is 7.68. The van der Waals surface area contributed by atoms with Crippen molar-refractivity contribution in [2.24, 2.45) is 23.2 Å². The van der Waals surface area contributed by atoms with Crippen LogP contribution in [0, 0.1) is 23.2 Å². The molecule has 1 aromatic carbocycles. The molecule has 3 aliphatic rings. The fourth-order valence-electron chi connectivity index (χ4n) is 7.68. The van der Waals surface area contributed by atoms with Crippen molar-refractivity contribution < 1.29 is 62.6 Å². The van der Waals surface area contributed by atoms with E-state index in [2.05, 4.69) is 0 Å². The third kappa shape index (κ3) is 6.02. The van der Waals surface area contributed by atoms with Crippen LogP contribution >= 0.6 is 0 Å². The lowest BCUT2D eigenvalue weighted by Crippen LogP contribution is -2.85. The van der Waals surface area contributed by atoms with Crippen LogP contribution in [-0.2, 0) is 47.6 Å². The van der Waals surface area contributed by atoms with Gasteiger partial charge in [-0.25, -0.2) is 4.79 Å². The van der Waals surface area contributed by atoms with Gasteiger partial charge in [-0.05, 0) is 32.9 Å². The molecule has 1 aromatic rings. The van der Waals surface area contributed by atoms with Gasteiger partial charge in [-0.2, -0.15) is 0 Å². The van der Waals surface area contributed by atoms with Crippen molar-refractivity contribution >= 4 is 29.8 Å². The summed E-state index contributed by atoms with van der Waals surface area (Å²) in [7, 11) is 0. The average molecular weight is 663 g/mol. The minimum atomic E-state index is -2.23. The molecule has 2 N–H and O–H groups in total. The molecule has 9 atom stereocenters. The Morgan fingerprint density at radius 2 is 1.43 bits per heavy atom. The lowest BCUT2D eigenvalue weighted by molar-refractivity contribution is -0.363. The Morgan fingerprint density at radius 3 is 1.96 bits per heavy atom. The molecule has 260 valence electrons. The third-order valence-corrected chi connectivity index (χ3v) is 9.59. The molecule has 13 heteroatoms.